The summed E-state index contributed by atoms with van der Waals surface area (Å²) >= 11 is 0. The second-order valence-corrected chi connectivity index (χ2v) is 24.7. The van der Waals surface area contributed by atoms with E-state index in [0.29, 0.717) is 36.1 Å². The second kappa shape index (κ2) is 13.6. The van der Waals surface area contributed by atoms with Crippen LogP contribution in [0.3, 0.4) is 0 Å². The van der Waals surface area contributed by atoms with E-state index in [0.717, 1.165) is 12.8 Å². The number of rotatable bonds is 14. The van der Waals surface area contributed by atoms with Gasteiger partial charge < -0.3 is 23.4 Å². The summed E-state index contributed by atoms with van der Waals surface area (Å²) in [4.78, 5) is 0. The molecule has 2 heterocycles. The Kier molecular flexibility index (Phi) is 10.9. The van der Waals surface area contributed by atoms with Crippen molar-refractivity contribution in [3.8, 4) is 0 Å². The molecule has 0 aliphatic carbocycles. The van der Waals surface area contributed by atoms with E-state index in [2.05, 4.69) is 123 Å². The Hall–Kier alpha value is -1.33. The lowest BCUT2D eigenvalue weighted by molar-refractivity contribution is -0.127. The summed E-state index contributed by atoms with van der Waals surface area (Å²) in [5.74, 6) is -0.660. The Morgan fingerprint density at radius 2 is 1.35 bits per heavy atom. The number of hydrogen-bond acceptors (Lipinski definition) is 5. The minimum absolute atomic E-state index is 0.000481. The molecular formula is C36H58O5Si2. The highest BCUT2D eigenvalue weighted by molar-refractivity contribution is 6.99. The maximum Gasteiger partial charge on any atom is 0.261 e. The van der Waals surface area contributed by atoms with Crippen LogP contribution in [0.5, 0.6) is 0 Å². The molecule has 2 fully saturated rings. The summed E-state index contributed by atoms with van der Waals surface area (Å²) in [6, 6.07) is 21.7. The van der Waals surface area contributed by atoms with Crippen LogP contribution >= 0.6 is 0 Å². The molecule has 0 spiro atoms. The van der Waals surface area contributed by atoms with Crippen molar-refractivity contribution in [1.82, 2.24) is 0 Å². The van der Waals surface area contributed by atoms with Gasteiger partial charge in [0.05, 0.1) is 18.3 Å². The van der Waals surface area contributed by atoms with Crippen LogP contribution in [0.2, 0.25) is 21.7 Å². The first-order valence-corrected chi connectivity index (χ1v) is 20.7. The van der Waals surface area contributed by atoms with E-state index >= 15 is 0 Å². The standard InChI is InChI=1S/C36H58O5Si2/c1-26(2)42(27(3)4,28(5)6)41-33-25-30(39-36(34(33)40-36)23-21-29(7)37)22-24-38-43(35(8,9)10,31-17-13-11-14-18-31)32-19-15-12-16-20-32/h11-20,26-30,33-34,37H,21-25H2,1-10H3/t29-,30-,33-,34+,36+/m1/s1. The van der Waals surface area contributed by atoms with E-state index in [-0.39, 0.29) is 23.4 Å². The molecule has 0 unspecified atom stereocenters. The van der Waals surface area contributed by atoms with Gasteiger partial charge in [0, 0.05) is 19.4 Å². The fourth-order valence-electron chi connectivity index (χ4n) is 8.08. The van der Waals surface area contributed by atoms with Crippen LogP contribution in [-0.4, -0.2) is 58.6 Å². The molecule has 0 saturated carbocycles. The molecule has 0 amide bonds. The Balaban J connectivity index is 1.60. The summed E-state index contributed by atoms with van der Waals surface area (Å²) < 4.78 is 27.8. The van der Waals surface area contributed by atoms with Crippen molar-refractivity contribution in [3.05, 3.63) is 60.7 Å². The molecule has 43 heavy (non-hydrogen) atoms. The van der Waals surface area contributed by atoms with Crippen LogP contribution in [0.25, 0.3) is 0 Å². The summed E-state index contributed by atoms with van der Waals surface area (Å²) in [5, 5.41) is 12.6. The molecule has 240 valence electrons. The molecule has 0 bridgehead atoms. The molecule has 5 atom stereocenters. The molecule has 2 aliphatic rings. The van der Waals surface area contributed by atoms with Gasteiger partial charge in [-0.3, -0.25) is 0 Å². The lowest BCUT2D eigenvalue weighted by Gasteiger charge is -2.46. The van der Waals surface area contributed by atoms with Gasteiger partial charge in [0.1, 0.15) is 6.10 Å². The Bertz CT molecular complexity index is 1090. The predicted molar refractivity (Wildman–Crippen MR) is 182 cm³/mol. The van der Waals surface area contributed by atoms with Gasteiger partial charge in [-0.15, -0.1) is 0 Å². The molecule has 2 saturated heterocycles. The third-order valence-corrected chi connectivity index (χ3v) is 21.2. The van der Waals surface area contributed by atoms with E-state index in [4.69, 9.17) is 18.3 Å². The van der Waals surface area contributed by atoms with Gasteiger partial charge in [-0.1, -0.05) is 123 Å². The maximum atomic E-state index is 10.1. The number of ether oxygens (including phenoxy) is 2. The van der Waals surface area contributed by atoms with E-state index in [1.165, 1.54) is 10.4 Å². The van der Waals surface area contributed by atoms with Gasteiger partial charge in [-0.25, -0.2) is 0 Å². The van der Waals surface area contributed by atoms with Gasteiger partial charge in [-0.05, 0) is 51.8 Å². The third kappa shape index (κ3) is 6.93. The smallest absolute Gasteiger partial charge is 0.261 e. The summed E-state index contributed by atoms with van der Waals surface area (Å²) in [7, 11) is -4.75. The fraction of sp³-hybridized carbons (Fsp3) is 0.667. The van der Waals surface area contributed by atoms with Gasteiger partial charge in [0.25, 0.3) is 8.32 Å². The zero-order valence-electron chi connectivity index (χ0n) is 28.4. The fourth-order valence-corrected chi connectivity index (χ4v) is 18.2. The van der Waals surface area contributed by atoms with Crippen LogP contribution in [-0.2, 0) is 18.3 Å². The largest absolute Gasteiger partial charge is 0.410 e. The lowest BCUT2D eigenvalue weighted by Crippen LogP contribution is -2.66. The van der Waals surface area contributed by atoms with Crippen molar-refractivity contribution < 1.29 is 23.4 Å². The SMILES string of the molecule is CC(C)[Si](O[C@@H]1C[C@@H](CCO[Si](c2ccccc2)(c2ccccc2)C(C)(C)C)O[C@@]2(CC[C@@H](C)O)O[C@@H]12)(C(C)C)C(C)C. The van der Waals surface area contributed by atoms with E-state index in [1.54, 1.807) is 0 Å². The van der Waals surface area contributed by atoms with Crippen LogP contribution < -0.4 is 10.4 Å². The zero-order valence-corrected chi connectivity index (χ0v) is 30.4. The molecule has 4 rings (SSSR count). The first-order chi connectivity index (χ1) is 20.2. The highest BCUT2D eigenvalue weighted by atomic mass is 28.4. The minimum atomic E-state index is -2.63. The molecule has 0 aromatic heterocycles. The number of hydrogen-bond donors (Lipinski definition) is 1. The van der Waals surface area contributed by atoms with Crippen molar-refractivity contribution in [2.45, 2.75) is 147 Å². The van der Waals surface area contributed by atoms with Gasteiger partial charge in [0.2, 0.25) is 8.32 Å². The van der Waals surface area contributed by atoms with Crippen molar-refractivity contribution in [2.75, 3.05) is 6.61 Å². The van der Waals surface area contributed by atoms with E-state index in [1.807, 2.05) is 6.92 Å². The van der Waals surface area contributed by atoms with Gasteiger partial charge in [0.15, 0.2) is 5.79 Å². The van der Waals surface area contributed by atoms with Crippen LogP contribution in [0.15, 0.2) is 60.7 Å². The summed E-state index contributed by atoms with van der Waals surface area (Å²) in [5.41, 5.74) is 1.49. The van der Waals surface area contributed by atoms with Crippen LogP contribution in [0.1, 0.15) is 94.9 Å². The van der Waals surface area contributed by atoms with Crippen molar-refractivity contribution in [1.29, 1.82) is 0 Å². The van der Waals surface area contributed by atoms with Gasteiger partial charge >= 0.3 is 0 Å². The number of benzene rings is 2. The highest BCUT2D eigenvalue weighted by Crippen LogP contribution is 2.54. The first-order valence-electron chi connectivity index (χ1n) is 16.7. The molecule has 2 aromatic rings. The molecule has 0 radical (unpaired) electrons. The third-order valence-electron chi connectivity index (χ3n) is 10.1. The molecule has 2 aliphatic heterocycles. The molecule has 7 heteroatoms. The van der Waals surface area contributed by atoms with Crippen molar-refractivity contribution in [2.24, 2.45) is 0 Å². The number of epoxide rings is 1. The second-order valence-electron chi connectivity index (χ2n) is 15.0. The summed E-state index contributed by atoms with van der Waals surface area (Å²) in [6.45, 7) is 23.5. The van der Waals surface area contributed by atoms with Crippen molar-refractivity contribution in [3.63, 3.8) is 0 Å². The van der Waals surface area contributed by atoms with E-state index in [9.17, 15) is 5.11 Å². The van der Waals surface area contributed by atoms with Crippen LogP contribution in [0, 0.1) is 0 Å². The Labute approximate surface area is 263 Å². The van der Waals surface area contributed by atoms with Crippen LogP contribution in [0.4, 0.5) is 0 Å². The zero-order chi connectivity index (χ0) is 31.6. The highest BCUT2D eigenvalue weighted by Gasteiger charge is 2.67. The Morgan fingerprint density at radius 3 is 1.79 bits per heavy atom. The average Bonchev–Trinajstić information content (AvgIpc) is 3.67. The number of aliphatic hydroxyl groups excluding tert-OH is 1. The monoisotopic (exact) mass is 626 g/mol. The lowest BCUT2D eigenvalue weighted by atomic mass is 9.96. The summed E-state index contributed by atoms with van der Waals surface area (Å²) in [6.07, 6.45) is 2.42. The topological polar surface area (TPSA) is 60.5 Å². The van der Waals surface area contributed by atoms with Crippen molar-refractivity contribution >= 4 is 27.0 Å². The average molecular weight is 627 g/mol. The minimum Gasteiger partial charge on any atom is -0.410 e. The van der Waals surface area contributed by atoms with E-state index < -0.39 is 28.5 Å². The first kappa shape index (κ1) is 34.5. The molecule has 2 aromatic carbocycles. The number of aliphatic hydroxyl groups is 1. The van der Waals surface area contributed by atoms with Gasteiger partial charge in [-0.2, -0.15) is 0 Å². The quantitative estimate of drug-likeness (QED) is 0.173. The maximum absolute atomic E-state index is 10.1. The molecular weight excluding hydrogens is 569 g/mol. The predicted octanol–water partition coefficient (Wildman–Crippen LogP) is 7.56. The Morgan fingerprint density at radius 1 is 0.837 bits per heavy atom. The molecule has 5 nitrogen and oxygen atoms in total. The number of fused-ring (bicyclic) bond motifs is 1. The molecule has 1 N–H and O–H groups in total. The normalized spacial score (nSPS) is 25.3.